The molecule has 2 fully saturated rings. The van der Waals surface area contributed by atoms with Crippen molar-refractivity contribution in [1.82, 2.24) is 5.14 Å². The fourth-order valence-corrected chi connectivity index (χ4v) is 1.67. The Bertz CT molecular complexity index is 288. The molecule has 0 spiro atoms. The first-order valence-electron chi connectivity index (χ1n) is 6.41. The number of rotatable bonds is 1. The molecule has 0 aromatic rings. The van der Waals surface area contributed by atoms with E-state index in [1.807, 2.05) is 55.4 Å². The van der Waals surface area contributed by atoms with Crippen molar-refractivity contribution < 1.29 is 19.0 Å². The summed E-state index contributed by atoms with van der Waals surface area (Å²) in [5, 5.41) is 1.34. The molecule has 2 aliphatic rings. The van der Waals surface area contributed by atoms with Crippen molar-refractivity contribution >= 4 is 7.25 Å². The van der Waals surface area contributed by atoms with Gasteiger partial charge in [0.25, 0.3) is 0 Å². The summed E-state index contributed by atoms with van der Waals surface area (Å²) < 4.78 is 11.8. The van der Waals surface area contributed by atoms with E-state index in [-0.39, 0.29) is 0 Å². The van der Waals surface area contributed by atoms with Crippen LogP contribution in [0, 0.1) is 0 Å². The third-order valence-electron chi connectivity index (χ3n) is 4.50. The third-order valence-corrected chi connectivity index (χ3v) is 4.50. The number of nitrogens with zero attached hydrogens (tertiary/aromatic N) is 1. The van der Waals surface area contributed by atoms with Gasteiger partial charge < -0.3 is 9.31 Å². The smallest absolute Gasteiger partial charge is 0.386 e. The van der Waals surface area contributed by atoms with Crippen molar-refractivity contribution in [2.45, 2.75) is 77.8 Å². The summed E-state index contributed by atoms with van der Waals surface area (Å²) in [7, 11) is -0.643. The van der Waals surface area contributed by atoms with Crippen LogP contribution >= 0.6 is 0 Å². The lowest BCUT2D eigenvalue weighted by molar-refractivity contribution is -0.281. The molecule has 0 saturated carbocycles. The molecule has 0 aliphatic carbocycles. The number of hydrogen-bond donors (Lipinski definition) is 0. The van der Waals surface area contributed by atoms with E-state index in [4.69, 9.17) is 19.0 Å². The van der Waals surface area contributed by atoms with Gasteiger partial charge in [-0.2, -0.15) is 0 Å². The van der Waals surface area contributed by atoms with Crippen molar-refractivity contribution in [2.75, 3.05) is 0 Å². The maximum atomic E-state index is 5.89. The Morgan fingerprint density at radius 2 is 0.944 bits per heavy atom. The normalized spacial score (nSPS) is 33.0. The fourth-order valence-electron chi connectivity index (χ4n) is 1.67. The van der Waals surface area contributed by atoms with E-state index < -0.39 is 29.7 Å². The zero-order valence-corrected chi connectivity index (χ0v) is 12.7. The van der Waals surface area contributed by atoms with Crippen molar-refractivity contribution in [3.8, 4) is 0 Å². The molecule has 2 rings (SSSR count). The van der Waals surface area contributed by atoms with Crippen LogP contribution < -0.4 is 0 Å². The van der Waals surface area contributed by atoms with Crippen LogP contribution in [0.5, 0.6) is 0 Å². The largest absolute Gasteiger partial charge is 0.609 e. The van der Waals surface area contributed by atoms with Gasteiger partial charge in [-0.05, 0) is 60.5 Å². The minimum absolute atomic E-state index is 0.402. The van der Waals surface area contributed by atoms with Gasteiger partial charge >= 0.3 is 7.25 Å². The van der Waals surface area contributed by atoms with Crippen LogP contribution in [0.1, 0.15) is 55.4 Å². The molecular formula is C12H24BNO4. The van der Waals surface area contributed by atoms with E-state index in [1.54, 1.807) is 0 Å². The van der Waals surface area contributed by atoms with Gasteiger partial charge in [-0.25, -0.2) is 0 Å². The van der Waals surface area contributed by atoms with E-state index in [2.05, 4.69) is 0 Å². The topological polar surface area (TPSA) is 40.2 Å². The molecule has 6 heteroatoms. The average Bonchev–Trinajstić information content (AvgIpc) is 2.45. The van der Waals surface area contributed by atoms with Crippen LogP contribution in [0.4, 0.5) is 0 Å². The Labute approximate surface area is 110 Å². The van der Waals surface area contributed by atoms with Gasteiger partial charge in [0.1, 0.15) is 11.2 Å². The molecule has 0 aromatic carbocycles. The van der Waals surface area contributed by atoms with Gasteiger partial charge in [0, 0.05) is 0 Å². The molecule has 0 aromatic heterocycles. The monoisotopic (exact) mass is 257 g/mol. The molecule has 0 amide bonds. The van der Waals surface area contributed by atoms with Gasteiger partial charge in [0.15, 0.2) is 0 Å². The second kappa shape index (κ2) is 3.70. The Hall–Kier alpha value is -0.135. The lowest BCUT2D eigenvalue weighted by atomic mass is 9.90. The molecule has 2 saturated heterocycles. The van der Waals surface area contributed by atoms with E-state index >= 15 is 0 Å². The van der Waals surface area contributed by atoms with Gasteiger partial charge in [-0.15, -0.1) is 0 Å². The summed E-state index contributed by atoms with van der Waals surface area (Å²) in [5.74, 6) is 0. The number of hydrogen-bond acceptors (Lipinski definition) is 5. The quantitative estimate of drug-likeness (QED) is 0.674. The van der Waals surface area contributed by atoms with Crippen LogP contribution in [0.15, 0.2) is 0 Å². The SMILES string of the molecule is CC1(C)OB(N2OC(C)(C)C(C)(C)O2)OC1(C)C. The highest BCUT2D eigenvalue weighted by atomic mass is 17.0. The van der Waals surface area contributed by atoms with Crippen LogP contribution in [-0.2, 0) is 19.0 Å². The van der Waals surface area contributed by atoms with Gasteiger partial charge in [-0.1, -0.05) is 0 Å². The van der Waals surface area contributed by atoms with Crippen molar-refractivity contribution in [2.24, 2.45) is 0 Å². The molecule has 18 heavy (non-hydrogen) atoms. The zero-order valence-electron chi connectivity index (χ0n) is 12.7. The van der Waals surface area contributed by atoms with Crippen molar-refractivity contribution in [3.05, 3.63) is 0 Å². The lowest BCUT2D eigenvalue weighted by Gasteiger charge is -2.32. The van der Waals surface area contributed by atoms with Crippen LogP contribution in [0.2, 0.25) is 0 Å². The van der Waals surface area contributed by atoms with Crippen molar-refractivity contribution in [1.29, 1.82) is 0 Å². The minimum Gasteiger partial charge on any atom is -0.386 e. The molecule has 0 bridgehead atoms. The summed E-state index contributed by atoms with van der Waals surface area (Å²) in [5.41, 5.74) is -1.67. The summed E-state index contributed by atoms with van der Waals surface area (Å²) >= 11 is 0. The summed E-state index contributed by atoms with van der Waals surface area (Å²) in [6.45, 7) is 15.9. The summed E-state index contributed by atoms with van der Waals surface area (Å²) in [6, 6.07) is 0. The highest BCUT2D eigenvalue weighted by molar-refractivity contribution is 6.41. The molecule has 0 atom stereocenters. The predicted octanol–water partition coefficient (Wildman–Crippen LogP) is 2.31. The Balaban J connectivity index is 2.14. The minimum atomic E-state index is -0.643. The maximum absolute atomic E-state index is 5.89. The maximum Gasteiger partial charge on any atom is 0.609 e. The first kappa shape index (κ1) is 14.3. The predicted molar refractivity (Wildman–Crippen MR) is 68.2 cm³/mol. The lowest BCUT2D eigenvalue weighted by Crippen LogP contribution is -2.41. The van der Waals surface area contributed by atoms with Gasteiger partial charge in [-0.3, -0.25) is 9.68 Å². The van der Waals surface area contributed by atoms with Gasteiger partial charge in [0.05, 0.1) is 11.2 Å². The Morgan fingerprint density at radius 1 is 0.611 bits per heavy atom. The summed E-state index contributed by atoms with van der Waals surface area (Å²) in [6.07, 6.45) is 0. The Morgan fingerprint density at radius 3 is 1.28 bits per heavy atom. The molecule has 2 heterocycles. The van der Waals surface area contributed by atoms with E-state index in [0.29, 0.717) is 0 Å². The van der Waals surface area contributed by atoms with Crippen molar-refractivity contribution in [3.63, 3.8) is 0 Å². The zero-order chi connectivity index (χ0) is 14.0. The third kappa shape index (κ3) is 2.00. The molecule has 5 nitrogen and oxygen atoms in total. The highest BCUT2D eigenvalue weighted by Gasteiger charge is 2.61. The van der Waals surface area contributed by atoms with E-state index in [0.717, 1.165) is 0 Å². The molecule has 104 valence electrons. The van der Waals surface area contributed by atoms with E-state index in [9.17, 15) is 0 Å². The first-order valence-corrected chi connectivity index (χ1v) is 6.41. The summed E-state index contributed by atoms with van der Waals surface area (Å²) in [4.78, 5) is 11.6. The average molecular weight is 257 g/mol. The highest BCUT2D eigenvalue weighted by Crippen LogP contribution is 2.43. The molecular weight excluding hydrogens is 233 g/mol. The van der Waals surface area contributed by atoms with E-state index in [1.165, 1.54) is 5.14 Å². The van der Waals surface area contributed by atoms with Crippen LogP contribution in [0.3, 0.4) is 0 Å². The van der Waals surface area contributed by atoms with Crippen LogP contribution in [0.25, 0.3) is 0 Å². The molecule has 2 aliphatic heterocycles. The molecule has 0 N–H and O–H groups in total. The van der Waals surface area contributed by atoms with Crippen LogP contribution in [-0.4, -0.2) is 34.8 Å². The second-order valence-corrected chi connectivity index (χ2v) is 7.05. The first-order chi connectivity index (χ1) is 7.88. The standard InChI is InChI=1S/C12H24BNO4/c1-9(2)10(3,4)16-13(15-9)14-17-11(5,6)12(7,8)18-14/h1-8H3. The Kier molecular flexibility index (Phi) is 2.94. The van der Waals surface area contributed by atoms with Gasteiger partial charge in [0.2, 0.25) is 0 Å². The molecule has 0 radical (unpaired) electrons. The second-order valence-electron chi connectivity index (χ2n) is 7.05. The fraction of sp³-hybridized carbons (Fsp3) is 1.00. The molecule has 0 unspecified atom stereocenters.